The van der Waals surface area contributed by atoms with Crippen LogP contribution in [0.5, 0.6) is 0 Å². The first-order valence-corrected chi connectivity index (χ1v) is 31.7. The first kappa shape index (κ1) is 68.2. The molecule has 0 saturated heterocycles. The van der Waals surface area contributed by atoms with Crippen LogP contribution in [0.15, 0.2) is 12.2 Å². The molecule has 6 heteroatoms. The number of esters is 3. The minimum Gasteiger partial charge on any atom is -0.462 e. The summed E-state index contributed by atoms with van der Waals surface area (Å²) in [7, 11) is 0. The van der Waals surface area contributed by atoms with E-state index in [1.165, 1.54) is 257 Å². The summed E-state index contributed by atoms with van der Waals surface area (Å²) in [6, 6.07) is 0. The molecule has 0 aliphatic carbocycles. The fourth-order valence-electron chi connectivity index (χ4n) is 9.74. The lowest BCUT2D eigenvalue weighted by atomic mass is 10.0. The van der Waals surface area contributed by atoms with E-state index in [-0.39, 0.29) is 31.1 Å². The van der Waals surface area contributed by atoms with E-state index in [1.807, 2.05) is 0 Å². The average Bonchev–Trinajstić information content (AvgIpc) is 3.36. The van der Waals surface area contributed by atoms with Crippen molar-refractivity contribution >= 4 is 17.9 Å². The molecule has 414 valence electrons. The summed E-state index contributed by atoms with van der Waals surface area (Å²) in [5.74, 6) is -0.858. The number of carbonyl (C=O) groups is 3. The molecule has 0 saturated carbocycles. The van der Waals surface area contributed by atoms with Crippen molar-refractivity contribution in [3.8, 4) is 0 Å². The number of hydrogen-bond acceptors (Lipinski definition) is 6. The van der Waals surface area contributed by atoms with Gasteiger partial charge in [0.25, 0.3) is 0 Å². The van der Waals surface area contributed by atoms with Crippen LogP contribution >= 0.6 is 0 Å². The molecule has 0 radical (unpaired) electrons. The Balaban J connectivity index is 3.97. The van der Waals surface area contributed by atoms with E-state index in [0.29, 0.717) is 19.3 Å². The first-order chi connectivity index (χ1) is 34.5. The van der Waals surface area contributed by atoms with Crippen molar-refractivity contribution in [2.75, 3.05) is 13.2 Å². The number of ether oxygens (including phenoxy) is 3. The van der Waals surface area contributed by atoms with Crippen molar-refractivity contribution < 1.29 is 28.6 Å². The molecule has 6 nitrogen and oxygen atoms in total. The fraction of sp³-hybridized carbons (Fsp3) is 0.922. The Kier molecular flexibility index (Phi) is 58.1. The highest BCUT2D eigenvalue weighted by Gasteiger charge is 2.19. The number of rotatable bonds is 59. The minimum atomic E-state index is -0.764. The van der Waals surface area contributed by atoms with Gasteiger partial charge in [0.05, 0.1) is 0 Å². The van der Waals surface area contributed by atoms with E-state index in [1.54, 1.807) is 0 Å². The van der Waals surface area contributed by atoms with Gasteiger partial charge in [-0.2, -0.15) is 0 Å². The molecular weight excluding hydrogens is 865 g/mol. The topological polar surface area (TPSA) is 78.9 Å². The van der Waals surface area contributed by atoms with Gasteiger partial charge in [0.15, 0.2) is 6.10 Å². The quantitative estimate of drug-likeness (QED) is 0.0261. The Hall–Kier alpha value is -1.85. The zero-order valence-electron chi connectivity index (χ0n) is 47.6. The lowest BCUT2D eigenvalue weighted by molar-refractivity contribution is -0.167. The molecule has 0 N–H and O–H groups in total. The zero-order chi connectivity index (χ0) is 50.7. The Morgan fingerprint density at radius 1 is 0.271 bits per heavy atom. The monoisotopic (exact) mass is 987 g/mol. The van der Waals surface area contributed by atoms with Gasteiger partial charge in [-0.05, 0) is 44.9 Å². The highest BCUT2D eigenvalue weighted by atomic mass is 16.6. The normalized spacial score (nSPS) is 12.0. The molecule has 0 spiro atoms. The summed E-state index contributed by atoms with van der Waals surface area (Å²) >= 11 is 0. The standard InChI is InChI=1S/C64H122O6/c1-4-7-10-13-15-17-19-21-23-25-27-29-30-31-32-33-35-36-38-40-42-44-46-48-51-54-57-63(66)69-60-61(59-68-62(65)56-53-50-12-9-6-3)70-64(67)58-55-52-49-47-45-43-41-39-37-34-28-26-24-22-20-18-16-14-11-8-5-2/h26,28,61H,4-25,27,29-60H2,1-3H3/b28-26-. The molecule has 0 aromatic heterocycles. The molecule has 0 heterocycles. The highest BCUT2D eigenvalue weighted by molar-refractivity contribution is 5.71. The van der Waals surface area contributed by atoms with Gasteiger partial charge in [0.1, 0.15) is 13.2 Å². The highest BCUT2D eigenvalue weighted by Crippen LogP contribution is 2.18. The fourth-order valence-corrected chi connectivity index (χ4v) is 9.74. The van der Waals surface area contributed by atoms with Crippen molar-refractivity contribution in [1.29, 1.82) is 0 Å². The van der Waals surface area contributed by atoms with Gasteiger partial charge in [-0.15, -0.1) is 0 Å². The second-order valence-electron chi connectivity index (χ2n) is 21.7. The molecule has 0 aromatic carbocycles. The van der Waals surface area contributed by atoms with Gasteiger partial charge in [-0.1, -0.05) is 309 Å². The summed E-state index contributed by atoms with van der Waals surface area (Å²) in [5.41, 5.74) is 0. The molecule has 0 fully saturated rings. The van der Waals surface area contributed by atoms with Gasteiger partial charge < -0.3 is 14.2 Å². The van der Waals surface area contributed by atoms with Crippen molar-refractivity contribution in [3.05, 3.63) is 12.2 Å². The summed E-state index contributed by atoms with van der Waals surface area (Å²) in [5, 5.41) is 0. The van der Waals surface area contributed by atoms with E-state index in [0.717, 1.165) is 64.2 Å². The molecule has 0 bridgehead atoms. The predicted octanol–water partition coefficient (Wildman–Crippen LogP) is 21.3. The van der Waals surface area contributed by atoms with Crippen molar-refractivity contribution in [3.63, 3.8) is 0 Å². The Morgan fingerprint density at radius 2 is 0.471 bits per heavy atom. The van der Waals surface area contributed by atoms with Crippen LogP contribution in [0.1, 0.15) is 361 Å². The Labute approximate surface area is 437 Å². The van der Waals surface area contributed by atoms with Gasteiger partial charge in [-0.25, -0.2) is 0 Å². The summed E-state index contributed by atoms with van der Waals surface area (Å²) in [6.07, 6.45) is 69.9. The maximum absolute atomic E-state index is 12.8. The average molecular weight is 988 g/mol. The van der Waals surface area contributed by atoms with Gasteiger partial charge in [0.2, 0.25) is 0 Å². The van der Waals surface area contributed by atoms with Crippen LogP contribution in [-0.2, 0) is 28.6 Å². The van der Waals surface area contributed by atoms with Gasteiger partial charge in [-0.3, -0.25) is 14.4 Å². The van der Waals surface area contributed by atoms with Crippen LogP contribution < -0.4 is 0 Å². The lowest BCUT2D eigenvalue weighted by Crippen LogP contribution is -2.30. The molecule has 0 amide bonds. The summed E-state index contributed by atoms with van der Waals surface area (Å²) in [6.45, 7) is 6.62. The number of hydrogen-bond donors (Lipinski definition) is 0. The second kappa shape index (κ2) is 59.7. The third-order valence-electron chi connectivity index (χ3n) is 14.5. The van der Waals surface area contributed by atoms with Gasteiger partial charge in [0, 0.05) is 19.3 Å². The van der Waals surface area contributed by atoms with Crippen LogP contribution in [-0.4, -0.2) is 37.2 Å². The molecule has 0 aliphatic rings. The maximum atomic E-state index is 12.8. The molecule has 1 atom stereocenters. The molecule has 1 unspecified atom stereocenters. The Morgan fingerprint density at radius 3 is 0.714 bits per heavy atom. The molecule has 70 heavy (non-hydrogen) atoms. The number of unbranched alkanes of at least 4 members (excludes halogenated alkanes) is 46. The minimum absolute atomic E-state index is 0.0660. The largest absolute Gasteiger partial charge is 0.462 e. The van der Waals surface area contributed by atoms with E-state index in [9.17, 15) is 14.4 Å². The van der Waals surface area contributed by atoms with Crippen LogP contribution in [0.3, 0.4) is 0 Å². The van der Waals surface area contributed by atoms with Crippen molar-refractivity contribution in [2.24, 2.45) is 0 Å². The van der Waals surface area contributed by atoms with Crippen LogP contribution in [0.4, 0.5) is 0 Å². The second-order valence-corrected chi connectivity index (χ2v) is 21.7. The van der Waals surface area contributed by atoms with Crippen molar-refractivity contribution in [1.82, 2.24) is 0 Å². The number of allylic oxidation sites excluding steroid dienone is 2. The van der Waals surface area contributed by atoms with E-state index in [2.05, 4.69) is 32.9 Å². The predicted molar refractivity (Wildman–Crippen MR) is 303 cm³/mol. The first-order valence-electron chi connectivity index (χ1n) is 31.7. The van der Waals surface area contributed by atoms with Crippen molar-refractivity contribution in [2.45, 2.75) is 367 Å². The third-order valence-corrected chi connectivity index (χ3v) is 14.5. The van der Waals surface area contributed by atoms with E-state index < -0.39 is 6.10 Å². The smallest absolute Gasteiger partial charge is 0.306 e. The van der Waals surface area contributed by atoms with E-state index in [4.69, 9.17) is 14.2 Å². The zero-order valence-corrected chi connectivity index (χ0v) is 47.6. The van der Waals surface area contributed by atoms with Crippen LogP contribution in [0.25, 0.3) is 0 Å². The van der Waals surface area contributed by atoms with Gasteiger partial charge >= 0.3 is 17.9 Å². The maximum Gasteiger partial charge on any atom is 0.306 e. The van der Waals surface area contributed by atoms with E-state index >= 15 is 0 Å². The van der Waals surface area contributed by atoms with Crippen LogP contribution in [0, 0.1) is 0 Å². The molecule has 0 aromatic rings. The Bertz CT molecular complexity index is 1090. The molecule has 0 rings (SSSR count). The summed E-state index contributed by atoms with van der Waals surface area (Å²) < 4.78 is 16.8. The number of carbonyl (C=O) groups excluding carboxylic acids is 3. The molecular formula is C64H122O6. The lowest BCUT2D eigenvalue weighted by Gasteiger charge is -2.18. The third kappa shape index (κ3) is 57.1. The van der Waals surface area contributed by atoms with Crippen LogP contribution in [0.2, 0.25) is 0 Å². The molecule has 0 aliphatic heterocycles. The summed E-state index contributed by atoms with van der Waals surface area (Å²) in [4.78, 5) is 37.9. The SMILES string of the molecule is CCCCCCCCCC/C=C\CCCCCCCCCCCC(=O)OC(COC(=O)CCCCCCC)COC(=O)CCCCCCCCCCCCCCCCCCCCCCCCCCCC.